The molecule has 2 aromatic carbocycles. The highest BCUT2D eigenvalue weighted by Crippen LogP contribution is 2.15. The molecule has 5 heteroatoms. The Kier molecular flexibility index (Phi) is 7.69. The van der Waals surface area contributed by atoms with Crippen molar-refractivity contribution in [1.29, 1.82) is 0 Å². The summed E-state index contributed by atoms with van der Waals surface area (Å²) in [6.07, 6.45) is 2.42. The third-order valence-corrected chi connectivity index (χ3v) is 5.18. The monoisotopic (exact) mass is 406 g/mol. The summed E-state index contributed by atoms with van der Waals surface area (Å²) in [6.45, 7) is 4.49. The van der Waals surface area contributed by atoms with E-state index in [1.165, 1.54) is 11.1 Å². The maximum Gasteiger partial charge on any atom is 0.227 e. The van der Waals surface area contributed by atoms with E-state index in [4.69, 9.17) is 9.47 Å². The summed E-state index contributed by atoms with van der Waals surface area (Å²) in [4.78, 5) is 14.9. The molecule has 0 N–H and O–H groups in total. The molecule has 0 spiro atoms. The number of carbonyl (C=O) groups is 1. The highest BCUT2D eigenvalue weighted by Gasteiger charge is 2.16. The molecule has 0 unspecified atom stereocenters. The largest absolute Gasteiger partial charge is 0.497 e. The van der Waals surface area contributed by atoms with Crippen LogP contribution in [0.25, 0.3) is 0 Å². The lowest BCUT2D eigenvalue weighted by atomic mass is 10.1. The molecule has 0 bridgehead atoms. The van der Waals surface area contributed by atoms with Gasteiger partial charge >= 0.3 is 0 Å². The third-order valence-electron chi connectivity index (χ3n) is 5.18. The molecule has 3 aromatic rings. The zero-order chi connectivity index (χ0) is 21.3. The number of aryl methyl sites for hydroxylation is 1. The lowest BCUT2D eigenvalue weighted by molar-refractivity contribution is -0.131. The predicted octanol–water partition coefficient (Wildman–Crippen LogP) is 4.07. The average molecular weight is 407 g/mol. The molecule has 0 saturated heterocycles. The van der Waals surface area contributed by atoms with E-state index < -0.39 is 0 Å². The number of hydrogen-bond donors (Lipinski definition) is 0. The Labute approximate surface area is 178 Å². The van der Waals surface area contributed by atoms with E-state index in [1.807, 2.05) is 35.2 Å². The first-order valence-corrected chi connectivity index (χ1v) is 10.2. The number of ether oxygens (including phenoxy) is 2. The van der Waals surface area contributed by atoms with Crippen LogP contribution in [-0.4, -0.2) is 42.7 Å². The Morgan fingerprint density at radius 1 is 0.967 bits per heavy atom. The van der Waals surface area contributed by atoms with Gasteiger partial charge in [-0.2, -0.15) is 0 Å². The first-order valence-electron chi connectivity index (χ1n) is 10.2. The van der Waals surface area contributed by atoms with Crippen LogP contribution in [0.3, 0.4) is 0 Å². The van der Waals surface area contributed by atoms with Gasteiger partial charge in [-0.05, 0) is 42.3 Å². The molecule has 0 aliphatic heterocycles. The molecule has 0 fully saturated rings. The number of nitrogens with zero attached hydrogens (tertiary/aromatic N) is 2. The highest BCUT2D eigenvalue weighted by molar-refractivity contribution is 5.78. The van der Waals surface area contributed by atoms with E-state index in [-0.39, 0.29) is 5.91 Å². The van der Waals surface area contributed by atoms with Crippen LogP contribution in [-0.2, 0) is 29.0 Å². The van der Waals surface area contributed by atoms with Crippen molar-refractivity contribution in [2.45, 2.75) is 26.4 Å². The fraction of sp³-hybridized carbons (Fsp3) is 0.320. The molecule has 30 heavy (non-hydrogen) atoms. The van der Waals surface area contributed by atoms with Gasteiger partial charge in [-0.1, -0.05) is 42.0 Å². The number of rotatable bonds is 10. The second-order valence-corrected chi connectivity index (χ2v) is 7.45. The van der Waals surface area contributed by atoms with Crippen molar-refractivity contribution < 1.29 is 14.3 Å². The van der Waals surface area contributed by atoms with Gasteiger partial charge in [-0.25, -0.2) is 0 Å². The maximum atomic E-state index is 13.0. The molecular weight excluding hydrogens is 376 g/mol. The van der Waals surface area contributed by atoms with Crippen LogP contribution in [0.4, 0.5) is 0 Å². The van der Waals surface area contributed by atoms with Gasteiger partial charge in [-0.15, -0.1) is 0 Å². The van der Waals surface area contributed by atoms with Crippen LogP contribution in [0, 0.1) is 6.92 Å². The van der Waals surface area contributed by atoms with Crippen molar-refractivity contribution in [3.63, 3.8) is 0 Å². The first-order chi connectivity index (χ1) is 14.6. The van der Waals surface area contributed by atoms with Gasteiger partial charge < -0.3 is 18.9 Å². The van der Waals surface area contributed by atoms with Gasteiger partial charge in [0.05, 0.1) is 26.7 Å². The van der Waals surface area contributed by atoms with E-state index in [9.17, 15) is 4.79 Å². The fourth-order valence-electron chi connectivity index (χ4n) is 3.36. The van der Waals surface area contributed by atoms with Crippen LogP contribution in [0.2, 0.25) is 0 Å². The number of aromatic nitrogens is 1. The van der Waals surface area contributed by atoms with Gasteiger partial charge in [0.25, 0.3) is 0 Å². The molecule has 0 saturated carbocycles. The van der Waals surface area contributed by atoms with Crippen molar-refractivity contribution in [3.8, 4) is 5.75 Å². The number of benzene rings is 2. The van der Waals surface area contributed by atoms with Gasteiger partial charge in [0.2, 0.25) is 5.91 Å². The van der Waals surface area contributed by atoms with E-state index in [0.29, 0.717) is 26.1 Å². The van der Waals surface area contributed by atoms with Crippen LogP contribution in [0.1, 0.15) is 22.4 Å². The van der Waals surface area contributed by atoms with Crippen LogP contribution < -0.4 is 4.74 Å². The Morgan fingerprint density at radius 2 is 1.67 bits per heavy atom. The minimum absolute atomic E-state index is 0.0836. The van der Waals surface area contributed by atoms with E-state index >= 15 is 0 Å². The molecule has 158 valence electrons. The predicted molar refractivity (Wildman–Crippen MR) is 119 cm³/mol. The molecule has 0 aliphatic carbocycles. The summed E-state index contributed by atoms with van der Waals surface area (Å²) in [6, 6.07) is 20.3. The topological polar surface area (TPSA) is 43.7 Å². The average Bonchev–Trinajstić information content (AvgIpc) is 3.19. The van der Waals surface area contributed by atoms with Gasteiger partial charge in [0.1, 0.15) is 5.75 Å². The molecule has 3 rings (SSSR count). The number of methoxy groups -OCH3 is 2. The molecule has 5 nitrogen and oxygen atoms in total. The van der Waals surface area contributed by atoms with Gasteiger partial charge in [0.15, 0.2) is 0 Å². The van der Waals surface area contributed by atoms with Crippen molar-refractivity contribution in [1.82, 2.24) is 9.47 Å². The summed E-state index contributed by atoms with van der Waals surface area (Å²) in [5, 5.41) is 0. The molecule has 0 aliphatic rings. The second kappa shape index (κ2) is 10.6. The van der Waals surface area contributed by atoms with Gasteiger partial charge in [-0.3, -0.25) is 4.79 Å². The number of carbonyl (C=O) groups excluding carboxylic acids is 1. The van der Waals surface area contributed by atoms with E-state index in [0.717, 1.165) is 23.6 Å². The fourth-order valence-corrected chi connectivity index (χ4v) is 3.36. The first kappa shape index (κ1) is 21.7. The molecule has 0 radical (unpaired) electrons. The molecule has 1 aromatic heterocycles. The third kappa shape index (κ3) is 5.97. The summed E-state index contributed by atoms with van der Waals surface area (Å²) >= 11 is 0. The second-order valence-electron chi connectivity index (χ2n) is 7.45. The minimum Gasteiger partial charge on any atom is -0.497 e. The molecule has 0 atom stereocenters. The van der Waals surface area contributed by atoms with Crippen molar-refractivity contribution in [2.75, 3.05) is 27.4 Å². The SMILES string of the molecule is COCCN(Cc1cccn1Cc1ccc(C)cc1)C(=O)Cc1ccc(OC)cc1. The highest BCUT2D eigenvalue weighted by atomic mass is 16.5. The lowest BCUT2D eigenvalue weighted by Crippen LogP contribution is -2.35. The summed E-state index contributed by atoms with van der Waals surface area (Å²) in [7, 11) is 3.30. The zero-order valence-electron chi connectivity index (χ0n) is 18.0. The minimum atomic E-state index is 0.0836. The lowest BCUT2D eigenvalue weighted by Gasteiger charge is -2.23. The standard InChI is InChI=1S/C25H30N2O3/c1-20-6-8-22(9-7-20)18-26-14-4-5-23(26)19-27(15-16-29-2)25(28)17-21-10-12-24(30-3)13-11-21/h4-14H,15-19H2,1-3H3. The Hall–Kier alpha value is -3.05. The molecule has 1 heterocycles. The number of hydrogen-bond acceptors (Lipinski definition) is 3. The maximum absolute atomic E-state index is 13.0. The van der Waals surface area contributed by atoms with Crippen molar-refractivity contribution in [2.24, 2.45) is 0 Å². The summed E-state index contributed by atoms with van der Waals surface area (Å²) in [5.41, 5.74) is 4.57. The van der Waals surface area contributed by atoms with Gasteiger partial charge in [0, 0.05) is 32.1 Å². The van der Waals surface area contributed by atoms with Crippen molar-refractivity contribution >= 4 is 5.91 Å². The van der Waals surface area contributed by atoms with Crippen LogP contribution in [0.5, 0.6) is 5.75 Å². The van der Waals surface area contributed by atoms with E-state index in [1.54, 1.807) is 14.2 Å². The summed E-state index contributed by atoms with van der Waals surface area (Å²) in [5.74, 6) is 0.872. The Balaban J connectivity index is 1.70. The Morgan fingerprint density at radius 3 is 2.33 bits per heavy atom. The molecule has 1 amide bonds. The summed E-state index contributed by atoms with van der Waals surface area (Å²) < 4.78 is 12.6. The van der Waals surface area contributed by atoms with Crippen LogP contribution in [0.15, 0.2) is 66.9 Å². The van der Waals surface area contributed by atoms with Crippen LogP contribution >= 0.6 is 0 Å². The smallest absolute Gasteiger partial charge is 0.227 e. The quantitative estimate of drug-likeness (QED) is 0.510. The molecular formula is C25H30N2O3. The Bertz CT molecular complexity index is 930. The van der Waals surface area contributed by atoms with Crippen molar-refractivity contribution in [3.05, 3.63) is 89.2 Å². The number of amides is 1. The van der Waals surface area contributed by atoms with E-state index in [2.05, 4.69) is 48.0 Å². The normalized spacial score (nSPS) is 10.8. The zero-order valence-corrected chi connectivity index (χ0v) is 18.0.